The number of carbonyl (C=O) groups is 3. The van der Waals surface area contributed by atoms with Crippen molar-refractivity contribution in [3.8, 4) is 5.75 Å². The van der Waals surface area contributed by atoms with E-state index in [1.54, 1.807) is 61.5 Å². The van der Waals surface area contributed by atoms with E-state index in [1.165, 1.54) is 18.5 Å². The molecule has 0 saturated heterocycles. The van der Waals surface area contributed by atoms with E-state index >= 15 is 0 Å². The van der Waals surface area contributed by atoms with Crippen molar-refractivity contribution < 1.29 is 29.3 Å². The molecule has 3 rings (SSSR count). The standard InChI is InChI=1S/C17H15ClO4.C6H5NO2/c1-11(17(20)21)10-22-15-8-4-13(5-9-15)16(19)12-2-6-14(18)7-3-12;8-6(9)5-2-1-3-7-4-5/h2-9,11H,10H2,1H3,(H,20,21);1-4H,(H,8,9). The van der Waals surface area contributed by atoms with Crippen LogP contribution in [-0.2, 0) is 4.79 Å². The Labute approximate surface area is 183 Å². The molecule has 0 fully saturated rings. The third kappa shape index (κ3) is 7.56. The number of benzene rings is 2. The Morgan fingerprint density at radius 3 is 1.97 bits per heavy atom. The lowest BCUT2D eigenvalue weighted by Gasteiger charge is -2.09. The van der Waals surface area contributed by atoms with E-state index in [0.717, 1.165) is 0 Å². The van der Waals surface area contributed by atoms with E-state index in [4.69, 9.17) is 26.6 Å². The molecule has 2 aromatic carbocycles. The first-order chi connectivity index (χ1) is 14.8. The van der Waals surface area contributed by atoms with Gasteiger partial charge in [-0.25, -0.2) is 4.79 Å². The van der Waals surface area contributed by atoms with E-state index in [0.29, 0.717) is 21.9 Å². The summed E-state index contributed by atoms with van der Waals surface area (Å²) in [6.07, 6.45) is 2.84. The number of rotatable bonds is 7. The molecule has 8 heteroatoms. The molecule has 0 aliphatic carbocycles. The van der Waals surface area contributed by atoms with Gasteiger partial charge < -0.3 is 14.9 Å². The van der Waals surface area contributed by atoms with Gasteiger partial charge in [-0.3, -0.25) is 14.6 Å². The Morgan fingerprint density at radius 1 is 0.935 bits per heavy atom. The normalized spacial score (nSPS) is 10.9. The molecule has 2 N–H and O–H groups in total. The van der Waals surface area contributed by atoms with Crippen molar-refractivity contribution in [2.45, 2.75) is 6.92 Å². The number of ether oxygens (including phenoxy) is 1. The van der Waals surface area contributed by atoms with Crippen LogP contribution in [0.4, 0.5) is 0 Å². The highest BCUT2D eigenvalue weighted by Crippen LogP contribution is 2.17. The summed E-state index contributed by atoms with van der Waals surface area (Å²) in [6.45, 7) is 1.65. The topological polar surface area (TPSA) is 114 Å². The van der Waals surface area contributed by atoms with Crippen LogP contribution in [0, 0.1) is 5.92 Å². The number of nitrogens with zero attached hydrogens (tertiary/aromatic N) is 1. The van der Waals surface area contributed by atoms with Gasteiger partial charge in [0.25, 0.3) is 0 Å². The number of hydrogen-bond donors (Lipinski definition) is 2. The molecule has 0 saturated carbocycles. The number of ketones is 1. The molecule has 1 heterocycles. The van der Waals surface area contributed by atoms with Crippen molar-refractivity contribution in [2.24, 2.45) is 5.92 Å². The number of carboxylic acid groups (broad SMARTS) is 2. The summed E-state index contributed by atoms with van der Waals surface area (Å²) in [5.41, 5.74) is 1.30. The molecule has 0 amide bonds. The van der Waals surface area contributed by atoms with Gasteiger partial charge >= 0.3 is 11.9 Å². The van der Waals surface area contributed by atoms with Crippen molar-refractivity contribution in [1.29, 1.82) is 0 Å². The molecular weight excluding hydrogens is 422 g/mol. The highest BCUT2D eigenvalue weighted by molar-refractivity contribution is 6.30. The number of aromatic nitrogens is 1. The van der Waals surface area contributed by atoms with Crippen LogP contribution in [0.3, 0.4) is 0 Å². The van der Waals surface area contributed by atoms with Crippen molar-refractivity contribution in [2.75, 3.05) is 6.61 Å². The average Bonchev–Trinajstić information content (AvgIpc) is 2.78. The summed E-state index contributed by atoms with van der Waals surface area (Å²) < 4.78 is 5.38. The van der Waals surface area contributed by atoms with Gasteiger partial charge in [-0.2, -0.15) is 0 Å². The fraction of sp³-hybridized carbons (Fsp3) is 0.130. The minimum absolute atomic E-state index is 0.0831. The molecule has 7 nitrogen and oxygen atoms in total. The first kappa shape index (κ1) is 23.6. The Balaban J connectivity index is 0.000000316. The van der Waals surface area contributed by atoms with Crippen LogP contribution in [0.15, 0.2) is 73.1 Å². The van der Waals surface area contributed by atoms with Crippen molar-refractivity contribution >= 4 is 29.3 Å². The highest BCUT2D eigenvalue weighted by atomic mass is 35.5. The maximum atomic E-state index is 12.3. The quantitative estimate of drug-likeness (QED) is 0.520. The van der Waals surface area contributed by atoms with Crippen LogP contribution in [0.5, 0.6) is 5.75 Å². The molecular formula is C23H20ClNO6. The number of carboxylic acids is 2. The summed E-state index contributed by atoms with van der Waals surface area (Å²) >= 11 is 5.80. The molecule has 1 aromatic heterocycles. The zero-order valence-corrected chi connectivity index (χ0v) is 17.3. The van der Waals surface area contributed by atoms with Crippen LogP contribution in [-0.4, -0.2) is 39.5 Å². The zero-order valence-electron chi connectivity index (χ0n) is 16.6. The minimum atomic E-state index is -0.942. The first-order valence-electron chi connectivity index (χ1n) is 9.17. The van der Waals surface area contributed by atoms with Crippen molar-refractivity contribution in [3.05, 3.63) is 94.8 Å². The van der Waals surface area contributed by atoms with Gasteiger partial charge in [0.05, 0.1) is 11.5 Å². The number of carbonyl (C=O) groups excluding carboxylic acids is 1. The molecule has 3 aromatic rings. The summed E-state index contributed by atoms with van der Waals surface area (Å²) in [5, 5.41) is 17.7. The minimum Gasteiger partial charge on any atom is -0.493 e. The molecule has 31 heavy (non-hydrogen) atoms. The van der Waals surface area contributed by atoms with Gasteiger partial charge in [0, 0.05) is 28.5 Å². The van der Waals surface area contributed by atoms with Gasteiger partial charge in [0.2, 0.25) is 0 Å². The number of hydrogen-bond acceptors (Lipinski definition) is 5. The number of pyridine rings is 1. The molecule has 1 atom stereocenters. The highest BCUT2D eigenvalue weighted by Gasteiger charge is 2.12. The van der Waals surface area contributed by atoms with Crippen LogP contribution in [0.2, 0.25) is 5.02 Å². The molecule has 0 bridgehead atoms. The number of aromatic carboxylic acids is 1. The van der Waals surface area contributed by atoms with E-state index < -0.39 is 17.9 Å². The Hall–Kier alpha value is -3.71. The monoisotopic (exact) mass is 441 g/mol. The van der Waals surface area contributed by atoms with Crippen LogP contribution in [0.25, 0.3) is 0 Å². The first-order valence-corrected chi connectivity index (χ1v) is 9.55. The predicted molar refractivity (Wildman–Crippen MR) is 115 cm³/mol. The van der Waals surface area contributed by atoms with Gasteiger partial charge in [-0.05, 0) is 67.6 Å². The molecule has 0 radical (unpaired) electrons. The van der Waals surface area contributed by atoms with Gasteiger partial charge in [-0.15, -0.1) is 0 Å². The molecule has 1 unspecified atom stereocenters. The maximum absolute atomic E-state index is 12.3. The van der Waals surface area contributed by atoms with Gasteiger partial charge in [-0.1, -0.05) is 11.6 Å². The zero-order chi connectivity index (χ0) is 22.8. The number of halogens is 1. The predicted octanol–water partition coefficient (Wildman–Crippen LogP) is 4.45. The van der Waals surface area contributed by atoms with E-state index in [-0.39, 0.29) is 18.0 Å². The smallest absolute Gasteiger partial charge is 0.337 e. The SMILES string of the molecule is CC(COc1ccc(C(=O)c2ccc(Cl)cc2)cc1)C(=O)O.O=C(O)c1cccnc1. The van der Waals surface area contributed by atoms with E-state index in [2.05, 4.69) is 4.98 Å². The Kier molecular flexibility index (Phi) is 8.72. The second-order valence-electron chi connectivity index (χ2n) is 6.46. The average molecular weight is 442 g/mol. The van der Waals surface area contributed by atoms with E-state index in [1.807, 2.05) is 0 Å². The van der Waals surface area contributed by atoms with Crippen LogP contribution >= 0.6 is 11.6 Å². The summed E-state index contributed by atoms with van der Waals surface area (Å²) in [6, 6.07) is 16.4. The second-order valence-corrected chi connectivity index (χ2v) is 6.89. The fourth-order valence-electron chi connectivity index (χ4n) is 2.25. The third-order valence-corrected chi connectivity index (χ3v) is 4.30. The lowest BCUT2D eigenvalue weighted by atomic mass is 10.0. The van der Waals surface area contributed by atoms with Crippen LogP contribution < -0.4 is 4.74 Å². The second kappa shape index (κ2) is 11.5. The molecule has 0 spiro atoms. The van der Waals surface area contributed by atoms with Crippen molar-refractivity contribution in [3.63, 3.8) is 0 Å². The van der Waals surface area contributed by atoms with Gasteiger partial charge in [0.15, 0.2) is 5.78 Å². The van der Waals surface area contributed by atoms with Crippen LogP contribution in [0.1, 0.15) is 33.2 Å². The summed E-state index contributed by atoms with van der Waals surface area (Å²) in [7, 11) is 0. The molecule has 160 valence electrons. The Bertz CT molecular complexity index is 1020. The Morgan fingerprint density at radius 2 is 1.52 bits per heavy atom. The third-order valence-electron chi connectivity index (χ3n) is 4.05. The van der Waals surface area contributed by atoms with E-state index in [9.17, 15) is 14.4 Å². The lowest BCUT2D eigenvalue weighted by Crippen LogP contribution is -2.17. The largest absolute Gasteiger partial charge is 0.493 e. The maximum Gasteiger partial charge on any atom is 0.337 e. The fourth-order valence-corrected chi connectivity index (χ4v) is 2.38. The molecule has 0 aliphatic heterocycles. The van der Waals surface area contributed by atoms with Gasteiger partial charge in [0.1, 0.15) is 12.4 Å². The summed E-state index contributed by atoms with van der Waals surface area (Å²) in [5.74, 6) is -2.02. The molecule has 0 aliphatic rings. The summed E-state index contributed by atoms with van der Waals surface area (Å²) in [4.78, 5) is 36.8. The van der Waals surface area contributed by atoms with Crippen molar-refractivity contribution in [1.82, 2.24) is 4.98 Å². The number of aliphatic carboxylic acids is 1. The lowest BCUT2D eigenvalue weighted by molar-refractivity contribution is -0.142.